The number of nitrogens with zero attached hydrogens (tertiary/aromatic N) is 3. The first-order chi connectivity index (χ1) is 14.4. The van der Waals surface area contributed by atoms with Gasteiger partial charge in [-0.05, 0) is 50.7 Å². The van der Waals surface area contributed by atoms with Gasteiger partial charge in [0.15, 0.2) is 5.84 Å². The van der Waals surface area contributed by atoms with E-state index in [4.69, 9.17) is 32.5 Å². The number of allylic oxidation sites excluding steroid dienone is 2. The number of amidine groups is 1. The number of thioether (sulfide) groups is 1. The molecule has 0 bridgehead atoms. The highest BCUT2D eigenvalue weighted by atomic mass is 35.5. The number of nitrogen functional groups attached to an aromatic ring is 1. The Kier molecular flexibility index (Phi) is 6.09. The van der Waals surface area contributed by atoms with Crippen LogP contribution in [0.2, 0.25) is 5.02 Å². The Hall–Kier alpha value is -2.03. The van der Waals surface area contributed by atoms with Gasteiger partial charge in [-0.3, -0.25) is 0 Å². The van der Waals surface area contributed by atoms with Gasteiger partial charge in [-0.1, -0.05) is 23.4 Å². The van der Waals surface area contributed by atoms with Gasteiger partial charge in [-0.2, -0.15) is 0 Å². The number of rotatable bonds is 3. The zero-order chi connectivity index (χ0) is 21.3. The van der Waals surface area contributed by atoms with E-state index < -0.39 is 0 Å². The Morgan fingerprint density at radius 3 is 2.87 bits per heavy atom. The van der Waals surface area contributed by atoms with Gasteiger partial charge in [0.05, 0.1) is 34.2 Å². The van der Waals surface area contributed by atoms with Crippen molar-refractivity contribution in [1.29, 1.82) is 5.41 Å². The van der Waals surface area contributed by atoms with Crippen LogP contribution in [0.1, 0.15) is 33.1 Å². The second-order valence-electron chi connectivity index (χ2n) is 8.15. The Morgan fingerprint density at radius 2 is 2.20 bits per heavy atom. The van der Waals surface area contributed by atoms with Gasteiger partial charge in [-0.25, -0.2) is 9.98 Å². The SMILES string of the molecule is CC1=C(Sc2ccnc(N)c2Cl)N/C(=C\C=N)C(N2CCC3(CC2)CO[C@@H](C)C3)=N1. The van der Waals surface area contributed by atoms with Gasteiger partial charge in [0.25, 0.3) is 0 Å². The van der Waals surface area contributed by atoms with Crippen LogP contribution in [0.15, 0.2) is 44.7 Å². The fraction of sp³-hybridized carbons (Fsp3) is 0.476. The summed E-state index contributed by atoms with van der Waals surface area (Å²) in [6.45, 7) is 6.89. The van der Waals surface area contributed by atoms with E-state index in [1.807, 2.05) is 13.0 Å². The highest BCUT2D eigenvalue weighted by Crippen LogP contribution is 2.42. The van der Waals surface area contributed by atoms with Crippen LogP contribution in [0.4, 0.5) is 5.82 Å². The van der Waals surface area contributed by atoms with E-state index in [0.717, 1.165) is 66.1 Å². The summed E-state index contributed by atoms with van der Waals surface area (Å²) in [7, 11) is 0. The van der Waals surface area contributed by atoms with Crippen molar-refractivity contribution in [3.05, 3.63) is 39.8 Å². The molecule has 7 nitrogen and oxygen atoms in total. The van der Waals surface area contributed by atoms with Crippen LogP contribution in [0, 0.1) is 10.8 Å². The molecule has 2 fully saturated rings. The molecular weight excluding hydrogens is 420 g/mol. The number of nitrogens with two attached hydrogens (primary N) is 1. The van der Waals surface area contributed by atoms with E-state index in [9.17, 15) is 0 Å². The number of hydrogen-bond donors (Lipinski definition) is 3. The zero-order valence-electron chi connectivity index (χ0n) is 17.2. The maximum atomic E-state index is 7.60. The first-order valence-corrected chi connectivity index (χ1v) is 11.3. The fourth-order valence-corrected chi connectivity index (χ4v) is 5.42. The minimum Gasteiger partial charge on any atom is -0.382 e. The number of ether oxygens (including phenoxy) is 1. The summed E-state index contributed by atoms with van der Waals surface area (Å²) in [5.41, 5.74) is 7.85. The average molecular weight is 447 g/mol. The third-order valence-electron chi connectivity index (χ3n) is 5.95. The molecule has 1 aromatic rings. The molecule has 9 heteroatoms. The quantitative estimate of drug-likeness (QED) is 0.606. The third kappa shape index (κ3) is 4.22. The predicted molar refractivity (Wildman–Crippen MR) is 123 cm³/mol. The lowest BCUT2D eigenvalue weighted by Crippen LogP contribution is -2.46. The Bertz CT molecular complexity index is 935. The van der Waals surface area contributed by atoms with Crippen LogP contribution in [0.3, 0.4) is 0 Å². The predicted octanol–water partition coefficient (Wildman–Crippen LogP) is 4.02. The molecule has 0 aromatic carbocycles. The van der Waals surface area contributed by atoms with E-state index >= 15 is 0 Å². The van der Waals surface area contributed by atoms with Crippen molar-refractivity contribution in [3.63, 3.8) is 0 Å². The minimum atomic E-state index is 0.308. The number of pyridine rings is 1. The lowest BCUT2D eigenvalue weighted by molar-refractivity contribution is 0.0841. The summed E-state index contributed by atoms with van der Waals surface area (Å²) in [6.07, 6.45) is 8.38. The Balaban J connectivity index is 1.55. The molecule has 3 aliphatic heterocycles. The number of aromatic nitrogens is 1. The summed E-state index contributed by atoms with van der Waals surface area (Å²) in [5.74, 6) is 1.20. The number of piperidine rings is 1. The van der Waals surface area contributed by atoms with Crippen molar-refractivity contribution < 1.29 is 4.74 Å². The van der Waals surface area contributed by atoms with Crippen LogP contribution in [0.5, 0.6) is 0 Å². The number of anilines is 1. The topological polar surface area (TPSA) is 99.6 Å². The van der Waals surface area contributed by atoms with Crippen molar-refractivity contribution in [2.45, 2.75) is 44.1 Å². The second-order valence-corrected chi connectivity index (χ2v) is 9.58. The molecule has 2 saturated heterocycles. The summed E-state index contributed by atoms with van der Waals surface area (Å²) in [4.78, 5) is 12.1. The Labute approximate surface area is 186 Å². The highest BCUT2D eigenvalue weighted by molar-refractivity contribution is 8.03. The minimum absolute atomic E-state index is 0.308. The normalized spacial score (nSPS) is 24.9. The van der Waals surface area contributed by atoms with Crippen LogP contribution >= 0.6 is 23.4 Å². The van der Waals surface area contributed by atoms with Crippen LogP contribution in [-0.4, -0.2) is 47.7 Å². The molecule has 0 unspecified atom stereocenters. The molecule has 4 heterocycles. The van der Waals surface area contributed by atoms with Gasteiger partial charge in [0.1, 0.15) is 5.82 Å². The van der Waals surface area contributed by atoms with Crippen LogP contribution < -0.4 is 11.1 Å². The van der Waals surface area contributed by atoms with Crippen molar-refractivity contribution in [3.8, 4) is 0 Å². The lowest BCUT2D eigenvalue weighted by Gasteiger charge is -2.41. The van der Waals surface area contributed by atoms with Crippen molar-refractivity contribution in [1.82, 2.24) is 15.2 Å². The second kappa shape index (κ2) is 8.61. The van der Waals surface area contributed by atoms with Gasteiger partial charge in [-0.15, -0.1) is 0 Å². The molecule has 30 heavy (non-hydrogen) atoms. The Morgan fingerprint density at radius 1 is 1.43 bits per heavy atom. The summed E-state index contributed by atoms with van der Waals surface area (Å²) < 4.78 is 5.86. The third-order valence-corrected chi connectivity index (χ3v) is 7.62. The summed E-state index contributed by atoms with van der Waals surface area (Å²) >= 11 is 7.78. The smallest absolute Gasteiger partial charge is 0.152 e. The number of aliphatic imine (C=N–C) groups is 1. The lowest BCUT2D eigenvalue weighted by atomic mass is 9.77. The van der Waals surface area contributed by atoms with Crippen molar-refractivity contribution in [2.75, 3.05) is 25.4 Å². The van der Waals surface area contributed by atoms with Crippen LogP contribution in [0.25, 0.3) is 0 Å². The highest BCUT2D eigenvalue weighted by Gasteiger charge is 2.42. The number of hydrogen-bond acceptors (Lipinski definition) is 8. The standard InChI is InChI=1S/C21H27ClN6OS/c1-13-11-21(12-29-13)5-9-28(10-6-21)19-15(3-7-23)27-20(14(2)26-19)30-16-4-8-25-18(24)17(16)22/h3-4,7-8,13,23,27H,5-6,9-12H2,1-2H3,(H2,24,25)/b15-3-,23-7?/t13-/m0/s1. The van der Waals surface area contributed by atoms with Crippen LogP contribution in [-0.2, 0) is 4.74 Å². The molecule has 4 N–H and O–H groups in total. The molecule has 0 saturated carbocycles. The molecule has 4 rings (SSSR count). The summed E-state index contributed by atoms with van der Waals surface area (Å²) in [5, 5.41) is 12.3. The first kappa shape index (κ1) is 21.2. The average Bonchev–Trinajstić information content (AvgIpc) is 3.08. The van der Waals surface area contributed by atoms with Gasteiger partial charge in [0.2, 0.25) is 0 Å². The molecule has 1 atom stereocenters. The molecule has 1 aromatic heterocycles. The molecule has 0 radical (unpaired) electrons. The first-order valence-electron chi connectivity index (χ1n) is 10.1. The van der Waals surface area contributed by atoms with Crippen molar-refractivity contribution >= 4 is 41.2 Å². The van der Waals surface area contributed by atoms with E-state index in [1.54, 1.807) is 12.3 Å². The van der Waals surface area contributed by atoms with E-state index in [1.165, 1.54) is 18.0 Å². The molecule has 1 spiro atoms. The van der Waals surface area contributed by atoms with Gasteiger partial charge < -0.3 is 26.1 Å². The molecule has 0 aliphatic carbocycles. The van der Waals surface area contributed by atoms with Gasteiger partial charge in [0, 0.05) is 30.4 Å². The molecule has 3 aliphatic rings. The maximum Gasteiger partial charge on any atom is 0.152 e. The molecule has 0 amide bonds. The van der Waals surface area contributed by atoms with E-state index in [2.05, 4.69) is 22.1 Å². The zero-order valence-corrected chi connectivity index (χ0v) is 18.8. The number of likely N-dealkylation sites (tertiary alicyclic amines) is 1. The van der Waals surface area contributed by atoms with Crippen molar-refractivity contribution in [2.24, 2.45) is 10.4 Å². The maximum absolute atomic E-state index is 7.60. The number of nitrogens with one attached hydrogen (secondary N) is 2. The molecular formula is C21H27ClN6OS. The van der Waals surface area contributed by atoms with E-state index in [0.29, 0.717) is 22.4 Å². The number of halogens is 1. The van der Waals surface area contributed by atoms with E-state index in [-0.39, 0.29) is 0 Å². The molecule has 160 valence electrons. The van der Waals surface area contributed by atoms with Gasteiger partial charge >= 0.3 is 0 Å². The largest absolute Gasteiger partial charge is 0.382 e. The fourth-order valence-electron chi connectivity index (χ4n) is 4.30. The monoisotopic (exact) mass is 446 g/mol. The summed E-state index contributed by atoms with van der Waals surface area (Å²) in [6, 6.07) is 1.83.